The Balaban J connectivity index is 1.70. The smallest absolute Gasteiger partial charge is 0.223 e. The van der Waals surface area contributed by atoms with Crippen molar-refractivity contribution in [3.63, 3.8) is 0 Å². The van der Waals surface area contributed by atoms with Crippen molar-refractivity contribution in [2.75, 3.05) is 6.54 Å². The largest absolute Gasteiger partial charge is 0.338 e. The van der Waals surface area contributed by atoms with E-state index >= 15 is 0 Å². The van der Waals surface area contributed by atoms with E-state index in [1.807, 2.05) is 17.0 Å². The van der Waals surface area contributed by atoms with Gasteiger partial charge in [0.1, 0.15) is 5.82 Å². The van der Waals surface area contributed by atoms with E-state index in [4.69, 9.17) is 0 Å². The van der Waals surface area contributed by atoms with Gasteiger partial charge >= 0.3 is 0 Å². The first-order valence-corrected chi connectivity index (χ1v) is 6.64. The van der Waals surface area contributed by atoms with Crippen LogP contribution in [0.15, 0.2) is 48.8 Å². The van der Waals surface area contributed by atoms with Crippen molar-refractivity contribution in [3.05, 3.63) is 65.7 Å². The van der Waals surface area contributed by atoms with Crippen LogP contribution in [0.1, 0.15) is 23.5 Å². The molecule has 0 spiro atoms. The van der Waals surface area contributed by atoms with Gasteiger partial charge in [0.05, 0.1) is 0 Å². The molecular formula is C16H15FN2O. The van der Waals surface area contributed by atoms with Crippen molar-refractivity contribution >= 4 is 5.91 Å². The molecular weight excluding hydrogens is 255 g/mol. The molecule has 1 aliphatic heterocycles. The number of aromatic nitrogens is 1. The lowest BCUT2D eigenvalue weighted by molar-refractivity contribution is -0.128. The summed E-state index contributed by atoms with van der Waals surface area (Å²) in [4.78, 5) is 18.0. The summed E-state index contributed by atoms with van der Waals surface area (Å²) in [6, 6.07) is 10.3. The number of pyridine rings is 1. The van der Waals surface area contributed by atoms with Crippen LogP contribution in [0, 0.1) is 5.82 Å². The minimum Gasteiger partial charge on any atom is -0.338 e. The van der Waals surface area contributed by atoms with Crippen LogP contribution in [-0.4, -0.2) is 22.3 Å². The molecule has 1 amide bonds. The maximum Gasteiger partial charge on any atom is 0.223 e. The molecule has 1 atom stereocenters. The number of rotatable bonds is 3. The monoisotopic (exact) mass is 270 g/mol. The summed E-state index contributed by atoms with van der Waals surface area (Å²) < 4.78 is 12.9. The fourth-order valence-corrected chi connectivity index (χ4v) is 2.60. The van der Waals surface area contributed by atoms with Crippen LogP contribution in [0.2, 0.25) is 0 Å². The summed E-state index contributed by atoms with van der Waals surface area (Å²) in [7, 11) is 0. The Morgan fingerprint density at radius 3 is 2.75 bits per heavy atom. The normalized spacial score (nSPS) is 18.6. The Kier molecular flexibility index (Phi) is 3.46. The van der Waals surface area contributed by atoms with Crippen molar-refractivity contribution in [2.45, 2.75) is 18.9 Å². The molecule has 0 N–H and O–H groups in total. The number of carbonyl (C=O) groups is 1. The Hall–Kier alpha value is -2.23. The van der Waals surface area contributed by atoms with E-state index in [2.05, 4.69) is 4.98 Å². The molecule has 4 heteroatoms. The zero-order chi connectivity index (χ0) is 13.9. The predicted octanol–water partition coefficient (Wildman–Crippen LogP) is 2.74. The first-order chi connectivity index (χ1) is 9.72. The molecule has 0 bridgehead atoms. The van der Waals surface area contributed by atoms with Gasteiger partial charge in [-0.1, -0.05) is 18.2 Å². The van der Waals surface area contributed by atoms with Crippen LogP contribution < -0.4 is 0 Å². The van der Waals surface area contributed by atoms with Gasteiger partial charge in [0.15, 0.2) is 0 Å². The van der Waals surface area contributed by atoms with Crippen LogP contribution in [0.5, 0.6) is 0 Å². The van der Waals surface area contributed by atoms with Crippen LogP contribution in [-0.2, 0) is 11.3 Å². The van der Waals surface area contributed by atoms with Crippen LogP contribution in [0.25, 0.3) is 0 Å². The summed E-state index contributed by atoms with van der Waals surface area (Å²) in [6.07, 6.45) is 3.99. The SMILES string of the molecule is O=C1CC(c2ccc(F)cc2)CN1Cc1cccnc1. The molecule has 1 fully saturated rings. The number of nitrogens with zero attached hydrogens (tertiary/aromatic N) is 2. The van der Waals surface area contributed by atoms with Crippen LogP contribution >= 0.6 is 0 Å². The second-order valence-electron chi connectivity index (χ2n) is 5.09. The number of benzene rings is 1. The Bertz CT molecular complexity index is 598. The number of amides is 1. The van der Waals surface area contributed by atoms with Gasteiger partial charge in [0.2, 0.25) is 5.91 Å². The lowest BCUT2D eigenvalue weighted by atomic mass is 9.98. The molecule has 0 saturated carbocycles. The lowest BCUT2D eigenvalue weighted by Crippen LogP contribution is -2.24. The third-order valence-corrected chi connectivity index (χ3v) is 3.65. The van der Waals surface area contributed by atoms with E-state index < -0.39 is 0 Å². The standard InChI is InChI=1S/C16H15FN2O/c17-15-5-3-13(4-6-15)14-8-16(20)19(11-14)10-12-2-1-7-18-9-12/h1-7,9,14H,8,10-11H2. The summed E-state index contributed by atoms with van der Waals surface area (Å²) in [5.41, 5.74) is 2.05. The van der Waals surface area contributed by atoms with Gasteiger partial charge in [-0.2, -0.15) is 0 Å². The average Bonchev–Trinajstić information content (AvgIpc) is 2.82. The van der Waals surface area contributed by atoms with E-state index in [0.29, 0.717) is 19.5 Å². The van der Waals surface area contributed by atoms with E-state index in [1.54, 1.807) is 24.5 Å². The van der Waals surface area contributed by atoms with E-state index in [-0.39, 0.29) is 17.6 Å². The highest BCUT2D eigenvalue weighted by atomic mass is 19.1. The minimum absolute atomic E-state index is 0.142. The molecule has 1 saturated heterocycles. The fourth-order valence-electron chi connectivity index (χ4n) is 2.60. The molecule has 2 aromatic rings. The number of likely N-dealkylation sites (tertiary alicyclic amines) is 1. The first-order valence-electron chi connectivity index (χ1n) is 6.64. The number of carbonyl (C=O) groups excluding carboxylic acids is 1. The third-order valence-electron chi connectivity index (χ3n) is 3.65. The second kappa shape index (κ2) is 5.41. The number of halogens is 1. The predicted molar refractivity (Wildman–Crippen MR) is 73.4 cm³/mol. The van der Waals surface area contributed by atoms with Crippen LogP contribution in [0.3, 0.4) is 0 Å². The van der Waals surface area contributed by atoms with Crippen molar-refractivity contribution in [1.82, 2.24) is 9.88 Å². The lowest BCUT2D eigenvalue weighted by Gasteiger charge is -2.16. The number of hydrogen-bond donors (Lipinski definition) is 0. The van der Waals surface area contributed by atoms with E-state index in [0.717, 1.165) is 11.1 Å². The van der Waals surface area contributed by atoms with Crippen molar-refractivity contribution < 1.29 is 9.18 Å². The van der Waals surface area contributed by atoms with Crippen LogP contribution in [0.4, 0.5) is 4.39 Å². The molecule has 2 heterocycles. The highest BCUT2D eigenvalue weighted by molar-refractivity contribution is 5.79. The van der Waals surface area contributed by atoms with Crippen molar-refractivity contribution in [1.29, 1.82) is 0 Å². The van der Waals surface area contributed by atoms with Gasteiger partial charge < -0.3 is 4.90 Å². The summed E-state index contributed by atoms with van der Waals surface area (Å²) in [6.45, 7) is 1.27. The van der Waals surface area contributed by atoms with Gasteiger partial charge in [0.25, 0.3) is 0 Å². The van der Waals surface area contributed by atoms with Gasteiger partial charge in [-0.05, 0) is 29.3 Å². The molecule has 20 heavy (non-hydrogen) atoms. The Labute approximate surface area is 117 Å². The summed E-state index contributed by atoms with van der Waals surface area (Å²) in [5.74, 6) is 0.0493. The molecule has 0 radical (unpaired) electrons. The highest BCUT2D eigenvalue weighted by Gasteiger charge is 2.30. The zero-order valence-electron chi connectivity index (χ0n) is 11.0. The molecule has 102 valence electrons. The first kappa shape index (κ1) is 12.8. The Morgan fingerprint density at radius 2 is 2.05 bits per heavy atom. The van der Waals surface area contributed by atoms with Crippen molar-refractivity contribution in [3.8, 4) is 0 Å². The molecule has 0 aliphatic carbocycles. The fraction of sp³-hybridized carbons (Fsp3) is 0.250. The maximum atomic E-state index is 12.9. The molecule has 1 unspecified atom stereocenters. The highest BCUT2D eigenvalue weighted by Crippen LogP contribution is 2.29. The topological polar surface area (TPSA) is 33.2 Å². The van der Waals surface area contributed by atoms with E-state index in [9.17, 15) is 9.18 Å². The Morgan fingerprint density at radius 1 is 1.25 bits per heavy atom. The molecule has 1 aromatic heterocycles. The van der Waals surface area contributed by atoms with Gasteiger partial charge in [-0.25, -0.2) is 4.39 Å². The quantitative estimate of drug-likeness (QED) is 0.859. The molecule has 3 rings (SSSR count). The van der Waals surface area contributed by atoms with Crippen molar-refractivity contribution in [2.24, 2.45) is 0 Å². The van der Waals surface area contributed by atoms with Gasteiger partial charge in [0, 0.05) is 37.8 Å². The summed E-state index contributed by atoms with van der Waals surface area (Å²) in [5, 5.41) is 0. The molecule has 1 aromatic carbocycles. The third kappa shape index (κ3) is 2.69. The minimum atomic E-state index is -0.245. The zero-order valence-corrected chi connectivity index (χ0v) is 11.0. The van der Waals surface area contributed by atoms with E-state index in [1.165, 1.54) is 12.1 Å². The second-order valence-corrected chi connectivity index (χ2v) is 5.09. The summed E-state index contributed by atoms with van der Waals surface area (Å²) >= 11 is 0. The average molecular weight is 270 g/mol. The maximum absolute atomic E-state index is 12.9. The van der Waals surface area contributed by atoms with Gasteiger partial charge in [-0.15, -0.1) is 0 Å². The van der Waals surface area contributed by atoms with Gasteiger partial charge in [-0.3, -0.25) is 9.78 Å². The molecule has 3 nitrogen and oxygen atoms in total. The molecule has 1 aliphatic rings. The number of hydrogen-bond acceptors (Lipinski definition) is 2.